The smallest absolute Gasteiger partial charge is 0.225 e. The molecular formula is C21H32N2O3. The van der Waals surface area contributed by atoms with E-state index in [0.29, 0.717) is 19.8 Å². The molecule has 0 N–H and O–H groups in total. The number of hydrogen-bond donors (Lipinski definition) is 0. The second-order valence-electron chi connectivity index (χ2n) is 7.59. The third kappa shape index (κ3) is 4.45. The molecule has 0 bridgehead atoms. The standard InChI is InChI=1S/C21H32N2O3/c1-4-18-14-17(10-12-25-18)21(24)23(3)15-19-20(22(2)11-13-26-19)16-8-6-5-7-9-16/h5-9,17-20H,4,10-15H2,1-3H3/t17-,18+,19-,20-/m0/s1. The SMILES string of the molecule is CC[C@@H]1C[C@@H](C(=O)N(C)C[C@@H]2OCCN(C)[C@H]2c2ccccc2)CCO1. The third-order valence-electron chi connectivity index (χ3n) is 5.75. The van der Waals surface area contributed by atoms with Gasteiger partial charge in [0.2, 0.25) is 5.91 Å². The lowest BCUT2D eigenvalue weighted by Gasteiger charge is -2.41. The normalized spacial score (nSPS) is 30.1. The predicted octanol–water partition coefficient (Wildman–Crippen LogP) is 2.72. The van der Waals surface area contributed by atoms with E-state index >= 15 is 0 Å². The minimum Gasteiger partial charge on any atom is -0.378 e. The molecule has 1 amide bonds. The summed E-state index contributed by atoms with van der Waals surface area (Å²) in [7, 11) is 4.05. The zero-order valence-corrected chi connectivity index (χ0v) is 16.3. The van der Waals surface area contributed by atoms with E-state index in [-0.39, 0.29) is 30.1 Å². The number of carbonyl (C=O) groups is 1. The molecular weight excluding hydrogens is 328 g/mol. The first kappa shape index (κ1) is 19.3. The fraction of sp³-hybridized carbons (Fsp3) is 0.667. The molecule has 0 aliphatic carbocycles. The number of carbonyl (C=O) groups excluding carboxylic acids is 1. The average Bonchev–Trinajstić information content (AvgIpc) is 2.68. The summed E-state index contributed by atoms with van der Waals surface area (Å²) < 4.78 is 11.8. The second kappa shape index (κ2) is 8.98. The Morgan fingerprint density at radius 3 is 2.73 bits per heavy atom. The van der Waals surface area contributed by atoms with Crippen molar-refractivity contribution in [3.63, 3.8) is 0 Å². The molecule has 0 radical (unpaired) electrons. The maximum Gasteiger partial charge on any atom is 0.225 e. The van der Waals surface area contributed by atoms with E-state index in [1.807, 2.05) is 18.0 Å². The van der Waals surface area contributed by atoms with Crippen molar-refractivity contribution >= 4 is 5.91 Å². The first-order chi connectivity index (χ1) is 12.6. The summed E-state index contributed by atoms with van der Waals surface area (Å²) in [5, 5.41) is 0. The van der Waals surface area contributed by atoms with Crippen molar-refractivity contribution < 1.29 is 14.3 Å². The number of amides is 1. The Morgan fingerprint density at radius 1 is 1.23 bits per heavy atom. The Hall–Kier alpha value is -1.43. The van der Waals surface area contributed by atoms with Gasteiger partial charge in [0.05, 0.1) is 24.9 Å². The molecule has 26 heavy (non-hydrogen) atoms. The Labute approximate surface area is 157 Å². The van der Waals surface area contributed by atoms with Crippen molar-refractivity contribution in [1.82, 2.24) is 9.80 Å². The van der Waals surface area contributed by atoms with Crippen LogP contribution in [-0.2, 0) is 14.3 Å². The molecule has 0 aromatic heterocycles. The van der Waals surface area contributed by atoms with Gasteiger partial charge >= 0.3 is 0 Å². The highest BCUT2D eigenvalue weighted by Crippen LogP contribution is 2.30. The highest BCUT2D eigenvalue weighted by molar-refractivity contribution is 5.78. The molecule has 0 spiro atoms. The molecule has 5 nitrogen and oxygen atoms in total. The maximum absolute atomic E-state index is 13.0. The van der Waals surface area contributed by atoms with Crippen LogP contribution in [0.5, 0.6) is 0 Å². The molecule has 4 atom stereocenters. The van der Waals surface area contributed by atoms with E-state index in [0.717, 1.165) is 25.8 Å². The Morgan fingerprint density at radius 2 is 2.00 bits per heavy atom. The molecule has 2 aliphatic heterocycles. The Kier molecular flexibility index (Phi) is 6.68. The van der Waals surface area contributed by atoms with Gasteiger partial charge in [-0.05, 0) is 31.9 Å². The molecule has 5 heteroatoms. The molecule has 1 aromatic rings. The van der Waals surface area contributed by atoms with Gasteiger partial charge in [-0.25, -0.2) is 0 Å². The van der Waals surface area contributed by atoms with Gasteiger partial charge in [0.1, 0.15) is 0 Å². The van der Waals surface area contributed by atoms with E-state index in [9.17, 15) is 4.79 Å². The second-order valence-corrected chi connectivity index (χ2v) is 7.59. The van der Waals surface area contributed by atoms with Gasteiger partial charge in [-0.1, -0.05) is 37.3 Å². The van der Waals surface area contributed by atoms with Crippen molar-refractivity contribution in [2.75, 3.05) is 40.4 Å². The fourth-order valence-electron chi connectivity index (χ4n) is 4.19. The fourth-order valence-corrected chi connectivity index (χ4v) is 4.19. The lowest BCUT2D eigenvalue weighted by molar-refractivity contribution is -0.144. The number of likely N-dealkylation sites (N-methyl/N-ethyl adjacent to an activating group) is 2. The van der Waals surface area contributed by atoms with Gasteiger partial charge in [-0.15, -0.1) is 0 Å². The van der Waals surface area contributed by atoms with Crippen LogP contribution in [0.1, 0.15) is 37.8 Å². The molecule has 0 saturated carbocycles. The van der Waals surface area contributed by atoms with Crippen LogP contribution in [0.2, 0.25) is 0 Å². The van der Waals surface area contributed by atoms with Crippen LogP contribution in [0.15, 0.2) is 30.3 Å². The number of hydrogen-bond acceptors (Lipinski definition) is 4. The van der Waals surface area contributed by atoms with E-state index in [1.54, 1.807) is 0 Å². The number of nitrogens with zero attached hydrogens (tertiary/aromatic N) is 2. The minimum absolute atomic E-state index is 0.00749. The number of rotatable bonds is 5. The van der Waals surface area contributed by atoms with Crippen LogP contribution in [0.3, 0.4) is 0 Å². The van der Waals surface area contributed by atoms with E-state index in [2.05, 4.69) is 43.1 Å². The van der Waals surface area contributed by atoms with Crippen LogP contribution in [-0.4, -0.2) is 68.3 Å². The van der Waals surface area contributed by atoms with Crippen molar-refractivity contribution in [1.29, 1.82) is 0 Å². The summed E-state index contributed by atoms with van der Waals surface area (Å²) in [5.41, 5.74) is 1.25. The van der Waals surface area contributed by atoms with E-state index in [4.69, 9.17) is 9.47 Å². The Bertz CT molecular complexity index is 580. The van der Waals surface area contributed by atoms with Crippen LogP contribution in [0.25, 0.3) is 0 Å². The lowest BCUT2D eigenvalue weighted by Crippen LogP contribution is -2.50. The topological polar surface area (TPSA) is 42.0 Å². The van der Waals surface area contributed by atoms with Crippen molar-refractivity contribution in [2.45, 2.75) is 44.4 Å². The van der Waals surface area contributed by atoms with Crippen LogP contribution >= 0.6 is 0 Å². The maximum atomic E-state index is 13.0. The summed E-state index contributed by atoms with van der Waals surface area (Å²) in [6.45, 7) is 5.06. The number of morpholine rings is 1. The van der Waals surface area contributed by atoms with Crippen molar-refractivity contribution in [3.8, 4) is 0 Å². The molecule has 144 valence electrons. The number of ether oxygens (including phenoxy) is 2. The summed E-state index contributed by atoms with van der Waals surface area (Å²) in [6.07, 6.45) is 2.85. The zero-order chi connectivity index (χ0) is 18.5. The van der Waals surface area contributed by atoms with Gasteiger partial charge in [-0.2, -0.15) is 0 Å². The average molecular weight is 360 g/mol. The molecule has 2 fully saturated rings. The third-order valence-corrected chi connectivity index (χ3v) is 5.75. The molecule has 2 heterocycles. The summed E-state index contributed by atoms with van der Waals surface area (Å²) in [4.78, 5) is 17.2. The van der Waals surface area contributed by atoms with Crippen molar-refractivity contribution in [3.05, 3.63) is 35.9 Å². The molecule has 2 aliphatic rings. The summed E-state index contributed by atoms with van der Waals surface area (Å²) in [5.74, 6) is 0.311. The molecule has 3 rings (SSSR count). The van der Waals surface area contributed by atoms with Crippen LogP contribution in [0, 0.1) is 5.92 Å². The highest BCUT2D eigenvalue weighted by atomic mass is 16.5. The van der Waals surface area contributed by atoms with Crippen LogP contribution in [0.4, 0.5) is 0 Å². The molecule has 0 unspecified atom stereocenters. The van der Waals surface area contributed by atoms with Crippen LogP contribution < -0.4 is 0 Å². The van der Waals surface area contributed by atoms with Gasteiger partial charge in [0.15, 0.2) is 0 Å². The van der Waals surface area contributed by atoms with Crippen molar-refractivity contribution in [2.24, 2.45) is 5.92 Å². The summed E-state index contributed by atoms with van der Waals surface area (Å²) in [6, 6.07) is 10.6. The van der Waals surface area contributed by atoms with E-state index < -0.39 is 0 Å². The van der Waals surface area contributed by atoms with Gasteiger partial charge < -0.3 is 14.4 Å². The van der Waals surface area contributed by atoms with Gasteiger partial charge in [0, 0.05) is 32.7 Å². The minimum atomic E-state index is -0.00749. The van der Waals surface area contributed by atoms with E-state index in [1.165, 1.54) is 5.56 Å². The largest absolute Gasteiger partial charge is 0.378 e. The highest BCUT2D eigenvalue weighted by Gasteiger charge is 2.35. The first-order valence-corrected chi connectivity index (χ1v) is 9.83. The summed E-state index contributed by atoms with van der Waals surface area (Å²) >= 11 is 0. The quantitative estimate of drug-likeness (QED) is 0.810. The molecule has 1 aromatic carbocycles. The molecule has 2 saturated heterocycles. The first-order valence-electron chi connectivity index (χ1n) is 9.83. The van der Waals surface area contributed by atoms with Gasteiger partial charge in [-0.3, -0.25) is 9.69 Å². The Balaban J connectivity index is 1.66. The number of benzene rings is 1. The zero-order valence-electron chi connectivity index (χ0n) is 16.3. The monoisotopic (exact) mass is 360 g/mol. The lowest BCUT2D eigenvalue weighted by atomic mass is 9.92. The van der Waals surface area contributed by atoms with Gasteiger partial charge in [0.25, 0.3) is 0 Å². The predicted molar refractivity (Wildman–Crippen MR) is 102 cm³/mol.